The topological polar surface area (TPSA) is 28.2 Å². The number of anilines is 1. The predicted molar refractivity (Wildman–Crippen MR) is 65.4 cm³/mol. The van der Waals surface area contributed by atoms with Gasteiger partial charge in [-0.25, -0.2) is 4.98 Å². The van der Waals surface area contributed by atoms with Crippen LogP contribution in [0.2, 0.25) is 0 Å². The monoisotopic (exact) mass is 217 g/mol. The van der Waals surface area contributed by atoms with Gasteiger partial charge in [-0.15, -0.1) is 0 Å². The molecule has 1 aromatic rings. The van der Waals surface area contributed by atoms with Crippen molar-refractivity contribution in [2.45, 2.75) is 31.8 Å². The number of aromatic nitrogens is 1. The van der Waals surface area contributed by atoms with Gasteiger partial charge in [-0.05, 0) is 50.9 Å². The molecule has 1 aromatic heterocycles. The van der Waals surface area contributed by atoms with Gasteiger partial charge >= 0.3 is 0 Å². The summed E-state index contributed by atoms with van der Waals surface area (Å²) in [7, 11) is 0. The van der Waals surface area contributed by atoms with Crippen LogP contribution in [0.1, 0.15) is 19.8 Å². The highest BCUT2D eigenvalue weighted by atomic mass is 15.2. The summed E-state index contributed by atoms with van der Waals surface area (Å²) in [5, 5.41) is 3.61. The van der Waals surface area contributed by atoms with Crippen molar-refractivity contribution >= 4 is 5.82 Å². The highest BCUT2D eigenvalue weighted by molar-refractivity contribution is 5.35. The zero-order chi connectivity index (χ0) is 11.0. The molecule has 2 unspecified atom stereocenters. The number of hydrogen-bond donors (Lipinski definition) is 1. The number of nitrogens with one attached hydrogen (secondary N) is 1. The molecule has 4 heterocycles. The Morgan fingerprint density at radius 1 is 1.31 bits per heavy atom. The van der Waals surface area contributed by atoms with Gasteiger partial charge in [0, 0.05) is 18.3 Å². The molecular formula is C13H19N3. The van der Waals surface area contributed by atoms with Gasteiger partial charge in [0.25, 0.3) is 0 Å². The van der Waals surface area contributed by atoms with Crippen molar-refractivity contribution in [3.05, 3.63) is 24.4 Å². The third kappa shape index (κ3) is 1.69. The molecule has 3 fully saturated rings. The summed E-state index contributed by atoms with van der Waals surface area (Å²) < 4.78 is 0. The van der Waals surface area contributed by atoms with E-state index < -0.39 is 0 Å². The predicted octanol–water partition coefficient (Wildman–Crippen LogP) is 1.98. The molecule has 0 amide bonds. The number of hydrogen-bond acceptors (Lipinski definition) is 3. The summed E-state index contributed by atoms with van der Waals surface area (Å²) in [5.74, 6) is 1.86. The zero-order valence-electron chi connectivity index (χ0n) is 9.76. The minimum atomic E-state index is 0.581. The normalized spacial score (nSPS) is 37.3. The maximum absolute atomic E-state index is 4.36. The van der Waals surface area contributed by atoms with Gasteiger partial charge in [-0.2, -0.15) is 0 Å². The van der Waals surface area contributed by atoms with E-state index in [9.17, 15) is 0 Å². The first kappa shape index (κ1) is 10.1. The maximum Gasteiger partial charge on any atom is 0.126 e. The molecule has 3 heteroatoms. The molecule has 0 aliphatic carbocycles. The second-order valence-corrected chi connectivity index (χ2v) is 5.00. The standard InChI is InChI=1S/C13H19N3/c1-10-13(11-5-8-16(10)9-6-11)15-12-4-2-3-7-14-12/h2-4,7,10-11,13H,5-6,8-9H2,1H3,(H,14,15). The average molecular weight is 217 g/mol. The van der Waals surface area contributed by atoms with Crippen LogP contribution in [-0.4, -0.2) is 35.1 Å². The van der Waals surface area contributed by atoms with Gasteiger partial charge in [0.1, 0.15) is 5.82 Å². The van der Waals surface area contributed by atoms with Crippen molar-refractivity contribution in [3.63, 3.8) is 0 Å². The van der Waals surface area contributed by atoms with Crippen LogP contribution in [-0.2, 0) is 0 Å². The Morgan fingerprint density at radius 2 is 2.12 bits per heavy atom. The Hall–Kier alpha value is -1.09. The Labute approximate surface area is 96.9 Å². The first-order valence-corrected chi connectivity index (χ1v) is 6.26. The molecule has 3 aliphatic heterocycles. The van der Waals surface area contributed by atoms with E-state index in [0.29, 0.717) is 12.1 Å². The van der Waals surface area contributed by atoms with Gasteiger partial charge in [-0.3, -0.25) is 4.90 Å². The first-order chi connectivity index (χ1) is 7.84. The number of nitrogens with zero attached hydrogens (tertiary/aromatic N) is 2. The summed E-state index contributed by atoms with van der Waals surface area (Å²) >= 11 is 0. The molecular weight excluding hydrogens is 198 g/mol. The Kier molecular flexibility index (Phi) is 2.56. The minimum absolute atomic E-state index is 0.581. The smallest absolute Gasteiger partial charge is 0.126 e. The number of pyridine rings is 1. The summed E-state index contributed by atoms with van der Waals surface area (Å²) in [6.45, 7) is 4.91. The van der Waals surface area contributed by atoms with Crippen molar-refractivity contribution in [1.29, 1.82) is 0 Å². The molecule has 1 N–H and O–H groups in total. The summed E-state index contributed by atoms with van der Waals surface area (Å²) in [6, 6.07) is 7.29. The number of fused-ring (bicyclic) bond motifs is 3. The second kappa shape index (κ2) is 4.06. The van der Waals surface area contributed by atoms with Gasteiger partial charge in [-0.1, -0.05) is 6.07 Å². The van der Waals surface area contributed by atoms with Gasteiger partial charge in [0.05, 0.1) is 0 Å². The molecule has 0 spiro atoms. The van der Waals surface area contributed by atoms with Crippen LogP contribution in [0.3, 0.4) is 0 Å². The fourth-order valence-electron chi connectivity index (χ4n) is 3.16. The van der Waals surface area contributed by atoms with E-state index in [-0.39, 0.29) is 0 Å². The molecule has 0 saturated carbocycles. The highest BCUT2D eigenvalue weighted by Crippen LogP contribution is 2.33. The fourth-order valence-corrected chi connectivity index (χ4v) is 3.16. The van der Waals surface area contributed by atoms with Crippen molar-refractivity contribution in [3.8, 4) is 0 Å². The average Bonchev–Trinajstić information content (AvgIpc) is 2.36. The summed E-state index contributed by atoms with van der Waals surface area (Å²) in [5.41, 5.74) is 0. The van der Waals surface area contributed by atoms with Crippen molar-refractivity contribution in [2.24, 2.45) is 5.92 Å². The molecule has 86 valence electrons. The van der Waals surface area contributed by atoms with E-state index in [1.54, 1.807) is 0 Å². The van der Waals surface area contributed by atoms with Gasteiger partial charge in [0.15, 0.2) is 0 Å². The van der Waals surface area contributed by atoms with Crippen molar-refractivity contribution in [2.75, 3.05) is 18.4 Å². The third-order valence-corrected chi connectivity index (χ3v) is 4.16. The first-order valence-electron chi connectivity index (χ1n) is 6.26. The molecule has 4 rings (SSSR count). The van der Waals surface area contributed by atoms with Crippen LogP contribution < -0.4 is 5.32 Å². The van der Waals surface area contributed by atoms with Crippen LogP contribution in [0.4, 0.5) is 5.82 Å². The molecule has 3 aliphatic rings. The second-order valence-electron chi connectivity index (χ2n) is 5.00. The van der Waals surface area contributed by atoms with E-state index in [1.807, 2.05) is 18.3 Å². The third-order valence-electron chi connectivity index (χ3n) is 4.16. The largest absolute Gasteiger partial charge is 0.365 e. The van der Waals surface area contributed by atoms with Crippen LogP contribution >= 0.6 is 0 Å². The highest BCUT2D eigenvalue weighted by Gasteiger charge is 2.39. The molecule has 0 aromatic carbocycles. The molecule has 2 bridgehead atoms. The maximum atomic E-state index is 4.36. The SMILES string of the molecule is CC1C(Nc2ccccn2)C2CCN1CC2. The molecule has 2 atom stereocenters. The quantitative estimate of drug-likeness (QED) is 0.821. The lowest BCUT2D eigenvalue weighted by molar-refractivity contribution is 0.0457. The molecule has 3 nitrogen and oxygen atoms in total. The molecule has 16 heavy (non-hydrogen) atoms. The molecule has 3 saturated heterocycles. The van der Waals surface area contributed by atoms with Crippen molar-refractivity contribution in [1.82, 2.24) is 9.88 Å². The van der Waals surface area contributed by atoms with Crippen LogP contribution in [0, 0.1) is 5.92 Å². The van der Waals surface area contributed by atoms with E-state index in [1.165, 1.54) is 25.9 Å². The van der Waals surface area contributed by atoms with Crippen molar-refractivity contribution < 1.29 is 0 Å². The van der Waals surface area contributed by atoms with E-state index in [4.69, 9.17) is 0 Å². The van der Waals surface area contributed by atoms with Crippen LogP contribution in [0.25, 0.3) is 0 Å². The van der Waals surface area contributed by atoms with Crippen LogP contribution in [0.5, 0.6) is 0 Å². The van der Waals surface area contributed by atoms with Crippen LogP contribution in [0.15, 0.2) is 24.4 Å². The summed E-state index contributed by atoms with van der Waals surface area (Å²) in [6.07, 6.45) is 4.54. The van der Waals surface area contributed by atoms with Gasteiger partial charge < -0.3 is 5.32 Å². The Morgan fingerprint density at radius 3 is 2.75 bits per heavy atom. The Bertz CT molecular complexity index is 341. The molecule has 0 radical (unpaired) electrons. The lowest BCUT2D eigenvalue weighted by Gasteiger charge is -2.50. The number of piperidine rings is 3. The zero-order valence-corrected chi connectivity index (χ0v) is 9.76. The Balaban J connectivity index is 1.75. The summed E-state index contributed by atoms with van der Waals surface area (Å²) in [4.78, 5) is 6.96. The minimum Gasteiger partial charge on any atom is -0.365 e. The van der Waals surface area contributed by atoms with E-state index in [0.717, 1.165) is 11.7 Å². The van der Waals surface area contributed by atoms with E-state index >= 15 is 0 Å². The number of rotatable bonds is 2. The lowest BCUT2D eigenvalue weighted by atomic mass is 9.79. The van der Waals surface area contributed by atoms with E-state index in [2.05, 4.69) is 28.2 Å². The fraction of sp³-hybridized carbons (Fsp3) is 0.615. The van der Waals surface area contributed by atoms with Gasteiger partial charge in [0.2, 0.25) is 0 Å². The lowest BCUT2D eigenvalue weighted by Crippen LogP contribution is -2.59.